The Labute approximate surface area is 707 Å². The first-order valence-electron chi connectivity index (χ1n) is 43.9. The topological polar surface area (TPSA) is 485 Å². The molecule has 15 unspecified atom stereocenters. The fourth-order valence-electron chi connectivity index (χ4n) is 19.9. The number of likely N-dealkylation sites (tertiary alicyclic amines) is 2. The highest BCUT2D eigenvalue weighted by Crippen LogP contribution is 2.67. The summed E-state index contributed by atoms with van der Waals surface area (Å²) >= 11 is 3.65. The molecule has 0 spiro atoms. The van der Waals surface area contributed by atoms with E-state index in [1.54, 1.807) is 0 Å². The largest absolute Gasteiger partial charge is 0.446 e. The molecule has 37 heteroatoms. The maximum absolute atomic E-state index is 13.8. The number of nitrogens with one attached hydrogen (secondary N) is 6. The summed E-state index contributed by atoms with van der Waals surface area (Å²) in [6.45, 7) is 9.65. The average Bonchev–Trinajstić information content (AvgIpc) is 1.73. The zero-order chi connectivity index (χ0) is 86.7. The number of carbonyl (C=O) groups excluding carboxylic acids is 8. The van der Waals surface area contributed by atoms with Crippen molar-refractivity contribution in [3.05, 3.63) is 11.6 Å². The van der Waals surface area contributed by atoms with Crippen LogP contribution in [-0.2, 0) is 79.9 Å². The summed E-state index contributed by atoms with van der Waals surface area (Å²) in [5.41, 5.74) is 2.03. The van der Waals surface area contributed by atoms with E-state index >= 15 is 0 Å². The maximum atomic E-state index is 13.8. The molecule has 34 nitrogen and oxygen atoms in total. The van der Waals surface area contributed by atoms with Crippen LogP contribution in [0.25, 0.3) is 0 Å². The summed E-state index contributed by atoms with van der Waals surface area (Å²) in [5, 5.41) is 88.2. The molecule has 119 heavy (non-hydrogen) atoms. The van der Waals surface area contributed by atoms with Crippen LogP contribution in [0.4, 0.5) is 4.79 Å². The molecule has 8 amide bonds. The number of β-amino-alcohol motifs (C(OH)–C–C–N with tert-alkyl or cyclic N) is 1. The Balaban J connectivity index is 0.715. The predicted octanol–water partition coefficient (Wildman–Crippen LogP) is 5.79. The van der Waals surface area contributed by atoms with E-state index in [2.05, 4.69) is 84.8 Å². The van der Waals surface area contributed by atoms with Crippen molar-refractivity contribution < 1.29 is 125 Å². The number of hydrogen-bond donors (Lipinski definition) is 15. The smallest absolute Gasteiger partial charge is 0.407 e. The Morgan fingerprint density at radius 1 is 0.630 bits per heavy atom. The lowest BCUT2D eigenvalue weighted by atomic mass is 9.47. The van der Waals surface area contributed by atoms with Crippen LogP contribution in [-0.4, -0.2) is 268 Å². The molecular formula is C82H142N8O26P2S. The second-order valence-electron chi connectivity index (χ2n) is 35.5. The van der Waals surface area contributed by atoms with Gasteiger partial charge in [0.05, 0.1) is 50.7 Å². The third-order valence-electron chi connectivity index (χ3n) is 26.3. The molecule has 0 aromatic heterocycles. The van der Waals surface area contributed by atoms with Gasteiger partial charge in [0.25, 0.3) is 0 Å². The zero-order valence-corrected chi connectivity index (χ0v) is 73.8. The number of amides is 8. The molecule has 4 saturated heterocycles. The number of ether oxygens (including phenoxy) is 5. The van der Waals surface area contributed by atoms with Crippen LogP contribution in [0.15, 0.2) is 11.6 Å². The highest BCUT2D eigenvalue weighted by Gasteiger charge is 2.60. The van der Waals surface area contributed by atoms with Crippen LogP contribution < -0.4 is 31.9 Å². The van der Waals surface area contributed by atoms with Crippen molar-refractivity contribution in [2.24, 2.45) is 46.3 Å². The van der Waals surface area contributed by atoms with Crippen LogP contribution in [0.5, 0.6) is 0 Å². The van der Waals surface area contributed by atoms with Crippen molar-refractivity contribution in [1.29, 1.82) is 0 Å². The summed E-state index contributed by atoms with van der Waals surface area (Å²) in [7, 11) is -3.25. The Hall–Kier alpha value is -4.49. The Morgan fingerprint density at radius 3 is 1.80 bits per heavy atom. The molecule has 14 N–H and O–H groups in total. The molecule has 0 radical (unpaired) electrons. The van der Waals surface area contributed by atoms with E-state index in [-0.39, 0.29) is 133 Å². The van der Waals surface area contributed by atoms with Crippen LogP contribution in [0.3, 0.4) is 0 Å². The Kier molecular flexibility index (Phi) is 41.0. The summed E-state index contributed by atoms with van der Waals surface area (Å²) < 4.78 is 71.0. The van der Waals surface area contributed by atoms with Gasteiger partial charge in [-0.2, -0.15) is 0 Å². The summed E-state index contributed by atoms with van der Waals surface area (Å²) in [4.78, 5) is 117. The average molecular weight is 1750 g/mol. The highest BCUT2D eigenvalue weighted by molar-refractivity contribution is 8.44. The van der Waals surface area contributed by atoms with E-state index in [0.717, 1.165) is 55.3 Å². The van der Waals surface area contributed by atoms with E-state index in [1.807, 2.05) is 0 Å². The first-order valence-corrected chi connectivity index (χ1v) is 47.9. The second-order valence-corrected chi connectivity index (χ2v) is 39.3. The number of alkyl carbamates (subject to hydrolysis) is 1. The molecule has 0 aromatic carbocycles. The number of aliphatic hydroxyl groups is 7. The monoisotopic (exact) mass is 1750 g/mol. The molecule has 0 aromatic rings. The molecule has 4 aliphatic carbocycles. The van der Waals surface area contributed by atoms with E-state index in [0.29, 0.717) is 88.5 Å². The van der Waals surface area contributed by atoms with E-state index in [4.69, 9.17) is 37.3 Å². The summed E-state index contributed by atoms with van der Waals surface area (Å²) in [5.74, 6) is 1.81. The van der Waals surface area contributed by atoms with Gasteiger partial charge < -0.3 is 115 Å². The Morgan fingerprint density at radius 2 is 1.20 bits per heavy atom. The maximum Gasteiger partial charge on any atom is 0.407 e. The summed E-state index contributed by atoms with van der Waals surface area (Å²) in [6.07, 6.45) is 8.78. The molecule has 25 atom stereocenters. The number of rotatable bonds is 49. The number of hydrogen-bond acceptors (Lipinski definition) is 25. The minimum absolute atomic E-state index is 0.00292. The SMILES string of the molecule is CC(=O)NC1C(OCCCCC(=O)NCCCC[C@H](NC(=O)CCCCOC2OC(CO)C(O)C(O)C2NC(C)=O)C(=O)NCCCCCC(=O)N2C[C@H](O)C[C@H]2CO[PH](=O)O[C@@H]2C[C@@H](COP(=O)(O)S)N(C(=O)CCCCCNC(=O)O[C@H]3CC[C@@]4(C)C(=CCC5C4CC[C@@]4(C)C5CC[C@@H]4[C@H](C)CCCC(C)C)C3)C2)OC(CO)C(O)C1O. The van der Waals surface area contributed by atoms with Gasteiger partial charge in [-0.25, -0.2) is 9.36 Å². The van der Waals surface area contributed by atoms with Gasteiger partial charge in [0.1, 0.15) is 60.9 Å². The lowest BCUT2D eigenvalue weighted by molar-refractivity contribution is -0.270. The number of aliphatic hydroxyl groups excluding tert-OH is 7. The first kappa shape index (κ1) is 99.9. The van der Waals surface area contributed by atoms with Crippen molar-refractivity contribution in [2.75, 3.05) is 72.4 Å². The van der Waals surface area contributed by atoms with Crippen molar-refractivity contribution in [3.8, 4) is 0 Å². The van der Waals surface area contributed by atoms with Gasteiger partial charge in [-0.05, 0) is 175 Å². The summed E-state index contributed by atoms with van der Waals surface area (Å²) in [6, 6.07) is -4.56. The van der Waals surface area contributed by atoms with E-state index < -0.39 is 150 Å². The van der Waals surface area contributed by atoms with Crippen molar-refractivity contribution in [3.63, 3.8) is 0 Å². The minimum atomic E-state index is -4.24. The predicted molar refractivity (Wildman–Crippen MR) is 441 cm³/mol. The fraction of sp³-hybridized carbons (Fsp3) is 0.878. The highest BCUT2D eigenvalue weighted by atomic mass is 32.7. The van der Waals surface area contributed by atoms with Gasteiger partial charge in [0.15, 0.2) is 12.6 Å². The number of unbranched alkanes of at least 4 members (excludes halogenated alkanes) is 7. The number of allylic oxidation sites excluding steroid dienone is 1. The first-order chi connectivity index (χ1) is 56.6. The van der Waals surface area contributed by atoms with Crippen LogP contribution in [0.2, 0.25) is 0 Å². The van der Waals surface area contributed by atoms with Crippen LogP contribution in [0.1, 0.15) is 241 Å². The molecule has 4 aliphatic heterocycles. The van der Waals surface area contributed by atoms with Gasteiger partial charge in [-0.15, -0.1) is 0 Å². The third-order valence-corrected chi connectivity index (χ3v) is 28.1. The molecule has 0 bridgehead atoms. The van der Waals surface area contributed by atoms with Gasteiger partial charge in [0, 0.05) is 91.9 Å². The number of carbonyl (C=O) groups is 8. The lowest BCUT2D eigenvalue weighted by Gasteiger charge is -2.58. The number of nitrogens with zero attached hydrogens (tertiary/aromatic N) is 2. The van der Waals surface area contributed by atoms with Gasteiger partial charge in [-0.1, -0.05) is 90.6 Å². The molecule has 3 saturated carbocycles. The fourth-order valence-corrected chi connectivity index (χ4v) is 21.3. The van der Waals surface area contributed by atoms with E-state index in [1.165, 1.54) is 74.2 Å². The van der Waals surface area contributed by atoms with Gasteiger partial charge in [-0.3, -0.25) is 42.7 Å². The molecule has 7 fully saturated rings. The minimum Gasteiger partial charge on any atom is -0.446 e. The lowest BCUT2D eigenvalue weighted by Crippen LogP contribution is -2.64. The molecule has 4 heterocycles. The van der Waals surface area contributed by atoms with Crippen LogP contribution >= 0.6 is 27.3 Å². The molecule has 8 aliphatic rings. The second kappa shape index (κ2) is 48.8. The molecule has 8 rings (SSSR count). The van der Waals surface area contributed by atoms with Gasteiger partial charge >= 0.3 is 21.1 Å². The zero-order valence-electron chi connectivity index (χ0n) is 71.0. The quantitative estimate of drug-likeness (QED) is 0.0148. The Bertz CT molecular complexity index is 3350. The standard InChI is InChI=1S/C82H142N8O26P2S/c1-50(2)21-20-22-51(3)61-30-31-62-60-29-28-54-41-58(32-34-81(54,6)63(60)33-35-82(61,62)7)113-80(105)85-38-16-9-11-27-70(99)90-45-59(43-56(90)49-112-118(107,108)119)116-117(106)111-48-55-42-57(95)44-89(55)69(98)26-10-8-15-37-84-77(104)64(88-68(97)25-14-19-40-110-79-72(87-53(5)94)76(103)74(101)66(47-92)115-79)23-12-17-36-83-67(96)24-13-18-39-109-78-71(86-52(4)93)75(102)73(100)65(46-91)114-78/h28,50-51,55-66,71-76,78-79,91-92,95,100-103,117H,8-27,29-49H2,1-7H3,(H,83,96)(H,84,104)(H,85,105)(H,86,93)(H,87,94)(H,88,97)(H2,107,108,119)/t51-,55+,56+,57-,58+,59-,60?,61-,62?,63?,64+,65?,66?,71?,72?,73?,74?,75?,76?,78?,79?,81+,82-/m1/s1. The molecular weight excluding hydrogens is 1610 g/mol. The van der Waals surface area contributed by atoms with Crippen molar-refractivity contribution in [2.45, 2.75) is 339 Å². The normalized spacial score (nSPS) is 32.4. The van der Waals surface area contributed by atoms with E-state index in [9.17, 15) is 88.1 Å². The van der Waals surface area contributed by atoms with Crippen molar-refractivity contribution in [1.82, 2.24) is 41.7 Å². The van der Waals surface area contributed by atoms with Crippen LogP contribution in [0, 0.1) is 46.3 Å². The van der Waals surface area contributed by atoms with Crippen molar-refractivity contribution >= 4 is 74.7 Å². The molecule has 682 valence electrons. The number of fused-ring (bicyclic) bond motifs is 5. The third kappa shape index (κ3) is 30.1. The number of thiol groups is 1. The van der Waals surface area contributed by atoms with Gasteiger partial charge in [0.2, 0.25) is 41.4 Å².